The van der Waals surface area contributed by atoms with E-state index in [2.05, 4.69) is 42.4 Å². The number of benzene rings is 1. The van der Waals surface area contributed by atoms with Crippen LogP contribution in [0, 0.1) is 5.92 Å². The topological polar surface area (TPSA) is 24.5 Å². The third-order valence-corrected chi connectivity index (χ3v) is 3.54. The van der Waals surface area contributed by atoms with E-state index in [9.17, 15) is 0 Å². The Hall–Kier alpha value is -1.06. The van der Waals surface area contributed by atoms with Crippen LogP contribution in [0.3, 0.4) is 0 Å². The smallest absolute Gasteiger partial charge is 0.119 e. The summed E-state index contributed by atoms with van der Waals surface area (Å²) in [6.45, 7) is 5.55. The Morgan fingerprint density at radius 2 is 2.21 bits per heavy atom. The quantitative estimate of drug-likeness (QED) is 0.779. The van der Waals surface area contributed by atoms with Crippen LogP contribution in [-0.4, -0.2) is 38.2 Å². The molecule has 1 fully saturated rings. The highest BCUT2D eigenvalue weighted by Crippen LogP contribution is 2.19. The predicted octanol–water partition coefficient (Wildman–Crippen LogP) is 2.52. The molecule has 1 N–H and O–H groups in total. The molecule has 106 valence electrons. The van der Waals surface area contributed by atoms with E-state index >= 15 is 0 Å². The lowest BCUT2D eigenvalue weighted by Gasteiger charge is -2.22. The van der Waals surface area contributed by atoms with Crippen molar-refractivity contribution in [3.8, 4) is 5.75 Å². The summed E-state index contributed by atoms with van der Waals surface area (Å²) < 4.78 is 5.26. The Morgan fingerprint density at radius 3 is 2.89 bits per heavy atom. The molecule has 0 radical (unpaired) electrons. The Labute approximate surface area is 116 Å². The molecule has 3 heteroatoms. The van der Waals surface area contributed by atoms with Crippen molar-refractivity contribution in [1.29, 1.82) is 0 Å². The molecule has 1 aliphatic carbocycles. The number of hydrogen-bond donors (Lipinski definition) is 1. The van der Waals surface area contributed by atoms with E-state index in [0.717, 1.165) is 31.4 Å². The van der Waals surface area contributed by atoms with Crippen LogP contribution in [0.2, 0.25) is 0 Å². The molecule has 0 bridgehead atoms. The molecule has 2 rings (SSSR count). The second-order valence-electron chi connectivity index (χ2n) is 5.84. The fourth-order valence-corrected chi connectivity index (χ4v) is 2.40. The average molecular weight is 262 g/mol. The van der Waals surface area contributed by atoms with Gasteiger partial charge in [0.1, 0.15) is 5.75 Å². The molecular weight excluding hydrogens is 236 g/mol. The van der Waals surface area contributed by atoms with Gasteiger partial charge in [-0.25, -0.2) is 0 Å². The Kier molecular flexibility index (Phi) is 5.23. The summed E-state index contributed by atoms with van der Waals surface area (Å²) in [6.07, 6.45) is 2.73. The van der Waals surface area contributed by atoms with Crippen LogP contribution < -0.4 is 10.1 Å². The molecule has 0 saturated heterocycles. The van der Waals surface area contributed by atoms with Crippen molar-refractivity contribution in [3.05, 3.63) is 29.8 Å². The zero-order chi connectivity index (χ0) is 13.7. The normalized spacial score (nSPS) is 16.6. The van der Waals surface area contributed by atoms with E-state index in [0.29, 0.717) is 5.92 Å². The van der Waals surface area contributed by atoms with Crippen molar-refractivity contribution >= 4 is 0 Å². The van der Waals surface area contributed by atoms with Crippen molar-refractivity contribution in [3.63, 3.8) is 0 Å². The molecule has 1 aromatic carbocycles. The van der Waals surface area contributed by atoms with Crippen LogP contribution in [0.1, 0.15) is 25.3 Å². The zero-order valence-electron chi connectivity index (χ0n) is 12.4. The molecule has 0 amide bonds. The van der Waals surface area contributed by atoms with Crippen molar-refractivity contribution in [1.82, 2.24) is 10.2 Å². The van der Waals surface area contributed by atoms with Crippen LogP contribution in [0.25, 0.3) is 0 Å². The van der Waals surface area contributed by atoms with Crippen molar-refractivity contribution in [2.75, 3.05) is 27.2 Å². The highest BCUT2D eigenvalue weighted by molar-refractivity contribution is 5.28. The fourth-order valence-electron chi connectivity index (χ4n) is 2.40. The fraction of sp³-hybridized carbons (Fsp3) is 0.625. The van der Waals surface area contributed by atoms with E-state index in [-0.39, 0.29) is 0 Å². The third-order valence-electron chi connectivity index (χ3n) is 3.54. The van der Waals surface area contributed by atoms with Gasteiger partial charge in [-0.15, -0.1) is 0 Å². The number of methoxy groups -OCH3 is 1. The van der Waals surface area contributed by atoms with E-state index in [1.165, 1.54) is 18.4 Å². The molecule has 1 atom stereocenters. The minimum Gasteiger partial charge on any atom is -0.497 e. The summed E-state index contributed by atoms with van der Waals surface area (Å²) in [5.74, 6) is 1.63. The van der Waals surface area contributed by atoms with Gasteiger partial charge in [-0.1, -0.05) is 19.1 Å². The number of rotatable bonds is 8. The molecule has 1 saturated carbocycles. The van der Waals surface area contributed by atoms with Gasteiger partial charge in [-0.05, 0) is 50.0 Å². The molecule has 0 aliphatic heterocycles. The summed E-state index contributed by atoms with van der Waals surface area (Å²) >= 11 is 0. The van der Waals surface area contributed by atoms with Gasteiger partial charge in [-0.2, -0.15) is 0 Å². The average Bonchev–Trinajstić information content (AvgIpc) is 3.20. The van der Waals surface area contributed by atoms with Gasteiger partial charge >= 0.3 is 0 Å². The highest BCUT2D eigenvalue weighted by Gasteiger charge is 2.21. The summed E-state index contributed by atoms with van der Waals surface area (Å²) in [4.78, 5) is 2.38. The molecule has 3 nitrogen and oxygen atoms in total. The lowest BCUT2D eigenvalue weighted by Crippen LogP contribution is -2.31. The molecular formula is C16H26N2O. The maximum atomic E-state index is 5.26. The van der Waals surface area contributed by atoms with Crippen LogP contribution in [-0.2, 0) is 6.54 Å². The minimum atomic E-state index is 0.691. The first-order valence-corrected chi connectivity index (χ1v) is 7.22. The van der Waals surface area contributed by atoms with Gasteiger partial charge in [0, 0.05) is 19.1 Å². The molecule has 0 aromatic heterocycles. The Bertz CT molecular complexity index is 390. The summed E-state index contributed by atoms with van der Waals surface area (Å²) in [6, 6.07) is 9.13. The zero-order valence-corrected chi connectivity index (χ0v) is 12.4. The van der Waals surface area contributed by atoms with Crippen molar-refractivity contribution in [2.24, 2.45) is 5.92 Å². The SMILES string of the molecule is COc1cccc(CN(C)CC(C)CNC2CC2)c1. The largest absolute Gasteiger partial charge is 0.497 e. The maximum Gasteiger partial charge on any atom is 0.119 e. The monoisotopic (exact) mass is 262 g/mol. The molecule has 19 heavy (non-hydrogen) atoms. The summed E-state index contributed by atoms with van der Waals surface area (Å²) in [7, 11) is 3.90. The molecule has 1 aromatic rings. The number of ether oxygens (including phenoxy) is 1. The first-order valence-electron chi connectivity index (χ1n) is 7.22. The molecule has 1 unspecified atom stereocenters. The van der Waals surface area contributed by atoms with E-state index in [4.69, 9.17) is 4.74 Å². The summed E-state index contributed by atoms with van der Waals surface area (Å²) in [5.41, 5.74) is 1.31. The number of nitrogens with one attached hydrogen (secondary N) is 1. The van der Waals surface area contributed by atoms with Gasteiger partial charge in [0.25, 0.3) is 0 Å². The van der Waals surface area contributed by atoms with Crippen molar-refractivity contribution in [2.45, 2.75) is 32.4 Å². The van der Waals surface area contributed by atoms with Gasteiger partial charge < -0.3 is 15.0 Å². The second-order valence-corrected chi connectivity index (χ2v) is 5.84. The van der Waals surface area contributed by atoms with Gasteiger partial charge in [0.15, 0.2) is 0 Å². The Balaban J connectivity index is 1.73. The third kappa shape index (κ3) is 5.21. The lowest BCUT2D eigenvalue weighted by molar-refractivity contribution is 0.273. The lowest BCUT2D eigenvalue weighted by atomic mass is 10.1. The van der Waals surface area contributed by atoms with Gasteiger partial charge in [0.05, 0.1) is 7.11 Å². The standard InChI is InChI=1S/C16H26N2O/c1-13(10-17-15-7-8-15)11-18(2)12-14-5-4-6-16(9-14)19-3/h4-6,9,13,15,17H,7-8,10-12H2,1-3H3. The van der Waals surface area contributed by atoms with Gasteiger partial charge in [0.2, 0.25) is 0 Å². The van der Waals surface area contributed by atoms with Crippen LogP contribution in [0.5, 0.6) is 5.75 Å². The highest BCUT2D eigenvalue weighted by atomic mass is 16.5. The predicted molar refractivity (Wildman–Crippen MR) is 79.5 cm³/mol. The van der Waals surface area contributed by atoms with E-state index < -0.39 is 0 Å². The minimum absolute atomic E-state index is 0.691. The first kappa shape index (κ1) is 14.4. The van der Waals surface area contributed by atoms with Crippen LogP contribution in [0.4, 0.5) is 0 Å². The van der Waals surface area contributed by atoms with Crippen LogP contribution >= 0.6 is 0 Å². The Morgan fingerprint density at radius 1 is 1.42 bits per heavy atom. The molecule has 0 heterocycles. The maximum absolute atomic E-state index is 5.26. The molecule has 1 aliphatic rings. The van der Waals surface area contributed by atoms with E-state index in [1.54, 1.807) is 7.11 Å². The number of nitrogens with zero attached hydrogens (tertiary/aromatic N) is 1. The number of hydrogen-bond acceptors (Lipinski definition) is 3. The second kappa shape index (κ2) is 6.92. The van der Waals surface area contributed by atoms with E-state index in [1.807, 2.05) is 6.07 Å². The van der Waals surface area contributed by atoms with Crippen molar-refractivity contribution < 1.29 is 4.74 Å². The molecule has 0 spiro atoms. The van der Waals surface area contributed by atoms with Crippen LogP contribution in [0.15, 0.2) is 24.3 Å². The van der Waals surface area contributed by atoms with Gasteiger partial charge in [-0.3, -0.25) is 0 Å². The first-order chi connectivity index (χ1) is 9.17. The summed E-state index contributed by atoms with van der Waals surface area (Å²) in [5, 5.41) is 3.60.